The van der Waals surface area contributed by atoms with E-state index in [9.17, 15) is 9.59 Å². The summed E-state index contributed by atoms with van der Waals surface area (Å²) in [6.07, 6.45) is 3.40. The highest BCUT2D eigenvalue weighted by Crippen LogP contribution is 2.30. The van der Waals surface area contributed by atoms with Crippen LogP contribution in [0.25, 0.3) is 33.7 Å². The summed E-state index contributed by atoms with van der Waals surface area (Å²) in [5.74, 6) is 1.36. The number of imidazole rings is 1. The first-order chi connectivity index (χ1) is 18.0. The lowest BCUT2D eigenvalue weighted by atomic mass is 9.98. The molecule has 3 heterocycles. The van der Waals surface area contributed by atoms with Crippen LogP contribution >= 0.6 is 0 Å². The highest BCUT2D eigenvalue weighted by atomic mass is 16.2. The van der Waals surface area contributed by atoms with Gasteiger partial charge in [-0.2, -0.15) is 5.21 Å². The number of aromatic nitrogens is 8. The van der Waals surface area contributed by atoms with Crippen LogP contribution in [0.5, 0.6) is 0 Å². The maximum Gasteiger partial charge on any atom is 0.332 e. The van der Waals surface area contributed by atoms with Gasteiger partial charge in [0.25, 0.3) is 5.56 Å². The van der Waals surface area contributed by atoms with E-state index in [1.54, 1.807) is 7.05 Å². The molecule has 0 aliphatic carbocycles. The number of nitrogens with one attached hydrogen (secondary N) is 1. The maximum atomic E-state index is 13.4. The van der Waals surface area contributed by atoms with Crippen molar-refractivity contribution in [2.45, 2.75) is 52.6 Å². The molecule has 0 fully saturated rings. The SMILES string of the molecule is CCCCc1nc2c(c(=O)n(CCC)c(=O)n2C)n1Cc1ccc(-c2ccccc2-c2nn[nH]n2)cc1. The number of nitrogens with zero attached hydrogens (tertiary/aromatic N) is 7. The molecule has 0 spiro atoms. The third kappa shape index (κ3) is 4.50. The third-order valence-corrected chi connectivity index (χ3v) is 6.63. The van der Waals surface area contributed by atoms with Crippen LogP contribution in [0.2, 0.25) is 0 Å². The smallest absolute Gasteiger partial charge is 0.318 e. The van der Waals surface area contributed by atoms with Crippen LogP contribution in [0.3, 0.4) is 0 Å². The van der Waals surface area contributed by atoms with Crippen LogP contribution in [0, 0.1) is 0 Å². The molecule has 0 radical (unpaired) electrons. The number of hydrogen-bond donors (Lipinski definition) is 1. The largest absolute Gasteiger partial charge is 0.332 e. The number of fused-ring (bicyclic) bond motifs is 1. The highest BCUT2D eigenvalue weighted by Gasteiger charge is 2.20. The van der Waals surface area contributed by atoms with Crippen molar-refractivity contribution in [1.29, 1.82) is 0 Å². The van der Waals surface area contributed by atoms with Crippen molar-refractivity contribution in [3.63, 3.8) is 0 Å². The van der Waals surface area contributed by atoms with Gasteiger partial charge >= 0.3 is 5.69 Å². The number of aromatic amines is 1. The number of benzene rings is 2. The number of tetrazole rings is 1. The van der Waals surface area contributed by atoms with Gasteiger partial charge in [0.05, 0.1) is 0 Å². The van der Waals surface area contributed by atoms with E-state index in [1.165, 1.54) is 9.13 Å². The van der Waals surface area contributed by atoms with Crippen molar-refractivity contribution >= 4 is 11.2 Å². The van der Waals surface area contributed by atoms with Crippen molar-refractivity contribution in [3.8, 4) is 22.5 Å². The Labute approximate surface area is 213 Å². The Bertz CT molecular complexity index is 1640. The van der Waals surface area contributed by atoms with Gasteiger partial charge < -0.3 is 4.57 Å². The number of rotatable bonds is 9. The number of H-pyrrole nitrogens is 1. The lowest BCUT2D eigenvalue weighted by Gasteiger charge is -2.12. The number of aryl methyl sites for hydroxylation is 2. The molecule has 0 unspecified atom stereocenters. The molecular weight excluding hydrogens is 468 g/mol. The fourth-order valence-electron chi connectivity index (χ4n) is 4.71. The third-order valence-electron chi connectivity index (χ3n) is 6.63. The molecule has 0 aliphatic heterocycles. The summed E-state index contributed by atoms with van der Waals surface area (Å²) in [5.41, 5.74) is 4.28. The van der Waals surface area contributed by atoms with E-state index in [-0.39, 0.29) is 11.2 Å². The Hall–Kier alpha value is -4.34. The average molecular weight is 499 g/mol. The van der Waals surface area contributed by atoms with Crippen LogP contribution in [0.4, 0.5) is 0 Å². The van der Waals surface area contributed by atoms with E-state index in [4.69, 9.17) is 4.98 Å². The average Bonchev–Trinajstić information content (AvgIpc) is 3.58. The van der Waals surface area contributed by atoms with Gasteiger partial charge in [-0.05, 0) is 34.7 Å². The molecule has 37 heavy (non-hydrogen) atoms. The van der Waals surface area contributed by atoms with Gasteiger partial charge in [-0.15, -0.1) is 10.2 Å². The minimum atomic E-state index is -0.323. The van der Waals surface area contributed by atoms with Crippen LogP contribution in [0.15, 0.2) is 58.1 Å². The molecule has 2 aromatic carbocycles. The normalized spacial score (nSPS) is 11.4. The molecule has 5 rings (SSSR count). The molecule has 0 bridgehead atoms. The Morgan fingerprint density at radius 3 is 2.35 bits per heavy atom. The van der Waals surface area contributed by atoms with Crippen LogP contribution < -0.4 is 11.2 Å². The summed E-state index contributed by atoms with van der Waals surface area (Å²) < 4.78 is 4.81. The van der Waals surface area contributed by atoms with Gasteiger partial charge in [0.1, 0.15) is 5.82 Å². The Morgan fingerprint density at radius 2 is 1.68 bits per heavy atom. The summed E-state index contributed by atoms with van der Waals surface area (Å²) in [6.45, 7) is 4.95. The quantitative estimate of drug-likeness (QED) is 0.332. The van der Waals surface area contributed by atoms with E-state index in [0.717, 1.165) is 47.3 Å². The van der Waals surface area contributed by atoms with Crippen molar-refractivity contribution in [3.05, 3.63) is 80.8 Å². The van der Waals surface area contributed by atoms with Gasteiger partial charge in [-0.3, -0.25) is 13.9 Å². The van der Waals surface area contributed by atoms with E-state index in [0.29, 0.717) is 36.5 Å². The molecule has 0 aliphatic rings. The van der Waals surface area contributed by atoms with E-state index in [1.807, 2.05) is 35.8 Å². The van der Waals surface area contributed by atoms with Crippen molar-refractivity contribution in [1.82, 2.24) is 39.3 Å². The van der Waals surface area contributed by atoms with E-state index in [2.05, 4.69) is 51.8 Å². The Kier molecular flexibility index (Phi) is 6.80. The Balaban J connectivity index is 1.57. The monoisotopic (exact) mass is 498 g/mol. The molecule has 1 N–H and O–H groups in total. The topological polar surface area (TPSA) is 116 Å². The van der Waals surface area contributed by atoms with Gasteiger partial charge in [0.15, 0.2) is 11.2 Å². The second kappa shape index (κ2) is 10.3. The number of unbranched alkanes of at least 4 members (excludes halogenated alkanes) is 1. The number of hydrogen-bond acceptors (Lipinski definition) is 6. The predicted octanol–water partition coefficient (Wildman–Crippen LogP) is 3.54. The van der Waals surface area contributed by atoms with Crippen molar-refractivity contribution in [2.75, 3.05) is 0 Å². The zero-order chi connectivity index (χ0) is 25.9. The molecule has 5 aromatic rings. The van der Waals surface area contributed by atoms with Gasteiger partial charge in [-0.1, -0.05) is 68.8 Å². The second-order valence-electron chi connectivity index (χ2n) is 9.17. The second-order valence-corrected chi connectivity index (χ2v) is 9.17. The fraction of sp³-hybridized carbons (Fsp3) is 0.333. The van der Waals surface area contributed by atoms with Crippen molar-refractivity contribution in [2.24, 2.45) is 7.05 Å². The standard InChI is InChI=1S/C27H30N8O2/c1-4-6-11-22-28-25-23(26(36)34(16-5-2)27(37)33(25)3)35(22)17-18-12-14-19(15-13-18)20-9-7-8-10-21(20)24-29-31-32-30-24/h7-10,12-15H,4-6,11,16-17H2,1-3H3,(H,29,30,31,32). The lowest BCUT2D eigenvalue weighted by Crippen LogP contribution is -2.39. The zero-order valence-corrected chi connectivity index (χ0v) is 21.3. The summed E-state index contributed by atoms with van der Waals surface area (Å²) >= 11 is 0. The van der Waals surface area contributed by atoms with Crippen LogP contribution in [-0.4, -0.2) is 39.3 Å². The maximum absolute atomic E-state index is 13.4. The fourth-order valence-corrected chi connectivity index (χ4v) is 4.71. The first-order valence-electron chi connectivity index (χ1n) is 12.6. The first-order valence-corrected chi connectivity index (χ1v) is 12.6. The molecular formula is C27H30N8O2. The Morgan fingerprint density at radius 1 is 0.919 bits per heavy atom. The highest BCUT2D eigenvalue weighted by molar-refractivity contribution is 5.80. The molecule has 10 heteroatoms. The molecule has 10 nitrogen and oxygen atoms in total. The molecule has 190 valence electrons. The van der Waals surface area contributed by atoms with Crippen LogP contribution in [-0.2, 0) is 26.6 Å². The molecule has 0 saturated heterocycles. The summed E-state index contributed by atoms with van der Waals surface area (Å²) in [4.78, 5) is 31.0. The summed E-state index contributed by atoms with van der Waals surface area (Å²) in [7, 11) is 1.69. The molecule has 3 aromatic heterocycles. The zero-order valence-electron chi connectivity index (χ0n) is 21.3. The van der Waals surface area contributed by atoms with Crippen LogP contribution in [0.1, 0.15) is 44.5 Å². The first kappa shape index (κ1) is 24.4. The molecule has 0 amide bonds. The minimum absolute atomic E-state index is 0.277. The molecule has 0 atom stereocenters. The van der Waals surface area contributed by atoms with E-state index >= 15 is 0 Å². The van der Waals surface area contributed by atoms with Gasteiger partial charge in [0.2, 0.25) is 5.82 Å². The molecule has 0 saturated carbocycles. The van der Waals surface area contributed by atoms with E-state index < -0.39 is 0 Å². The summed E-state index contributed by atoms with van der Waals surface area (Å²) in [6, 6.07) is 16.2. The predicted molar refractivity (Wildman–Crippen MR) is 142 cm³/mol. The van der Waals surface area contributed by atoms with Gasteiger partial charge in [0, 0.05) is 32.1 Å². The van der Waals surface area contributed by atoms with Crippen molar-refractivity contribution < 1.29 is 0 Å². The summed E-state index contributed by atoms with van der Waals surface area (Å²) in [5, 5.41) is 14.5. The van der Waals surface area contributed by atoms with Gasteiger partial charge in [-0.25, -0.2) is 9.78 Å². The lowest BCUT2D eigenvalue weighted by molar-refractivity contribution is 0.590. The minimum Gasteiger partial charge on any atom is -0.318 e.